The van der Waals surface area contributed by atoms with Crippen LogP contribution in [0.2, 0.25) is 0 Å². The van der Waals surface area contributed by atoms with E-state index in [-0.39, 0.29) is 40.7 Å². The van der Waals surface area contributed by atoms with E-state index in [4.69, 9.17) is 4.74 Å². The molecule has 4 rings (SSSR count). The van der Waals surface area contributed by atoms with Crippen LogP contribution in [0.1, 0.15) is 38.1 Å². The molecule has 3 aromatic rings. The third-order valence-electron chi connectivity index (χ3n) is 6.33. The lowest BCUT2D eigenvalue weighted by atomic mass is 10.0. The molecule has 1 aliphatic rings. The first kappa shape index (κ1) is 29.6. The first-order valence-corrected chi connectivity index (χ1v) is 14.7. The summed E-state index contributed by atoms with van der Waals surface area (Å²) in [7, 11) is -1.32. The van der Waals surface area contributed by atoms with Gasteiger partial charge in [-0.2, -0.15) is 0 Å². The molecular formula is C27H28N4O8S2. The second-order valence-corrected chi connectivity index (χ2v) is 11.9. The molecule has 0 saturated heterocycles. The molecule has 0 radical (unpaired) electrons. The van der Waals surface area contributed by atoms with Crippen molar-refractivity contribution in [1.29, 1.82) is 0 Å². The van der Waals surface area contributed by atoms with Gasteiger partial charge in [-0.3, -0.25) is 19.2 Å². The molecular weight excluding hydrogens is 572 g/mol. The maximum atomic E-state index is 13.2. The molecule has 0 saturated carbocycles. The number of imide groups is 1. The molecule has 2 N–H and O–H groups in total. The van der Waals surface area contributed by atoms with E-state index in [0.29, 0.717) is 22.5 Å². The summed E-state index contributed by atoms with van der Waals surface area (Å²) in [6, 6.07) is 13.9. The number of carbonyl (C=O) groups is 4. The number of amides is 4. The number of nitrogens with zero attached hydrogens (tertiary/aromatic N) is 2. The lowest BCUT2D eigenvalue weighted by Gasteiger charge is -2.26. The predicted molar refractivity (Wildman–Crippen MR) is 152 cm³/mol. The van der Waals surface area contributed by atoms with Crippen molar-refractivity contribution in [2.75, 3.05) is 36.9 Å². The second kappa shape index (κ2) is 12.4. The minimum Gasteiger partial charge on any atom is -0.453 e. The largest absolute Gasteiger partial charge is 0.453 e. The molecule has 1 aromatic heterocycles. The van der Waals surface area contributed by atoms with Gasteiger partial charge in [-0.1, -0.05) is 18.2 Å². The van der Waals surface area contributed by atoms with E-state index < -0.39 is 34.0 Å². The predicted octanol–water partition coefficient (Wildman–Crippen LogP) is 3.84. The number of methoxy groups -OCH3 is 1. The number of thiophene rings is 1. The van der Waals surface area contributed by atoms with Crippen LogP contribution in [0.4, 0.5) is 20.3 Å². The van der Waals surface area contributed by atoms with E-state index in [1.54, 1.807) is 37.3 Å². The summed E-state index contributed by atoms with van der Waals surface area (Å²) in [5.41, 5.74) is 1.31. The van der Waals surface area contributed by atoms with Gasteiger partial charge in [-0.05, 0) is 55.3 Å². The standard InChI is InChI=1S/C27H28N4O8S2/c1-4-39-27(35)31-15-14-20-21(16-31)40-25(22(20)24(33)29-26(34)38-3)28-23(32)17-10-12-19(13-11-17)41(36,37)30(2)18-8-6-5-7-9-18/h5-13H,4,14-16H2,1-3H3,(H,28,32)(H,29,33,34). The molecule has 41 heavy (non-hydrogen) atoms. The number of fused-ring (bicyclic) bond motifs is 1. The minimum absolute atomic E-state index is 0.0100. The average molecular weight is 601 g/mol. The summed E-state index contributed by atoms with van der Waals surface area (Å²) in [6.07, 6.45) is -1.16. The molecule has 0 unspecified atom stereocenters. The highest BCUT2D eigenvalue weighted by Crippen LogP contribution is 2.37. The zero-order valence-electron chi connectivity index (χ0n) is 22.5. The minimum atomic E-state index is -3.88. The van der Waals surface area contributed by atoms with E-state index in [2.05, 4.69) is 15.4 Å². The van der Waals surface area contributed by atoms with Gasteiger partial charge in [0.15, 0.2) is 0 Å². The number of nitrogens with one attached hydrogen (secondary N) is 2. The SMILES string of the molecule is CCOC(=O)N1CCc2c(sc(NC(=O)c3ccc(S(=O)(=O)N(C)c4ccccc4)cc3)c2C(=O)NC(=O)OC)C1. The molecule has 2 aromatic carbocycles. The van der Waals surface area contributed by atoms with E-state index in [1.165, 1.54) is 36.2 Å². The number of ether oxygens (including phenoxy) is 2. The molecule has 216 valence electrons. The molecule has 2 heterocycles. The molecule has 0 fully saturated rings. The normalized spacial score (nSPS) is 12.6. The zero-order chi connectivity index (χ0) is 29.7. The number of sulfonamides is 1. The molecule has 0 bridgehead atoms. The van der Waals surface area contributed by atoms with Crippen molar-refractivity contribution in [1.82, 2.24) is 10.2 Å². The lowest BCUT2D eigenvalue weighted by molar-refractivity contribution is 0.0936. The Morgan fingerprint density at radius 2 is 1.71 bits per heavy atom. The van der Waals surface area contributed by atoms with Crippen molar-refractivity contribution >= 4 is 56.0 Å². The summed E-state index contributed by atoms with van der Waals surface area (Å²) in [5, 5.41) is 4.99. The van der Waals surface area contributed by atoms with Crippen LogP contribution in [0.25, 0.3) is 0 Å². The molecule has 4 amide bonds. The van der Waals surface area contributed by atoms with Gasteiger partial charge in [0.1, 0.15) is 5.00 Å². The Hall–Kier alpha value is -4.43. The van der Waals surface area contributed by atoms with Crippen molar-refractivity contribution in [3.8, 4) is 0 Å². The Bertz CT molecular complexity index is 1570. The smallest absolute Gasteiger partial charge is 0.413 e. The number of carbonyl (C=O) groups excluding carboxylic acids is 4. The van der Waals surface area contributed by atoms with Crippen LogP contribution in [-0.2, 0) is 32.5 Å². The van der Waals surface area contributed by atoms with Gasteiger partial charge in [0.25, 0.3) is 21.8 Å². The highest BCUT2D eigenvalue weighted by molar-refractivity contribution is 7.92. The van der Waals surface area contributed by atoms with E-state index >= 15 is 0 Å². The molecule has 0 spiro atoms. The van der Waals surface area contributed by atoms with Gasteiger partial charge in [-0.15, -0.1) is 11.3 Å². The fourth-order valence-electron chi connectivity index (χ4n) is 4.20. The summed E-state index contributed by atoms with van der Waals surface area (Å²) in [6.45, 7) is 2.35. The lowest BCUT2D eigenvalue weighted by Crippen LogP contribution is -2.37. The summed E-state index contributed by atoms with van der Waals surface area (Å²) >= 11 is 1.10. The summed E-state index contributed by atoms with van der Waals surface area (Å²) in [4.78, 5) is 52.3. The topological polar surface area (TPSA) is 151 Å². The Kier molecular flexibility index (Phi) is 8.93. The van der Waals surface area contributed by atoms with Crippen LogP contribution in [0.5, 0.6) is 0 Å². The van der Waals surface area contributed by atoms with Crippen molar-refractivity contribution in [3.63, 3.8) is 0 Å². The highest BCUT2D eigenvalue weighted by atomic mass is 32.2. The van der Waals surface area contributed by atoms with Crippen LogP contribution < -0.4 is 14.9 Å². The van der Waals surface area contributed by atoms with Crippen molar-refractivity contribution in [3.05, 3.63) is 76.2 Å². The number of hydrogen-bond donors (Lipinski definition) is 2. The Labute approximate surface area is 240 Å². The molecule has 1 aliphatic heterocycles. The van der Waals surface area contributed by atoms with Crippen molar-refractivity contribution < 1.29 is 37.1 Å². The van der Waals surface area contributed by atoms with Gasteiger partial charge < -0.3 is 19.7 Å². The van der Waals surface area contributed by atoms with Crippen LogP contribution >= 0.6 is 11.3 Å². The van der Waals surface area contributed by atoms with Crippen LogP contribution in [0.15, 0.2) is 59.5 Å². The van der Waals surface area contributed by atoms with Crippen LogP contribution in [-0.4, -0.2) is 64.6 Å². The van der Waals surface area contributed by atoms with Gasteiger partial charge in [0, 0.05) is 24.0 Å². The third kappa shape index (κ3) is 6.33. The number of benzene rings is 2. The fraction of sp³-hybridized carbons (Fsp3) is 0.259. The number of para-hydroxylation sites is 1. The summed E-state index contributed by atoms with van der Waals surface area (Å²) in [5.74, 6) is -1.36. The van der Waals surface area contributed by atoms with E-state index in [9.17, 15) is 27.6 Å². The zero-order valence-corrected chi connectivity index (χ0v) is 24.1. The Balaban J connectivity index is 1.59. The van der Waals surface area contributed by atoms with Gasteiger partial charge >= 0.3 is 12.2 Å². The van der Waals surface area contributed by atoms with Crippen LogP contribution in [0.3, 0.4) is 0 Å². The van der Waals surface area contributed by atoms with Crippen molar-refractivity contribution in [2.45, 2.75) is 24.8 Å². The number of rotatable bonds is 7. The summed E-state index contributed by atoms with van der Waals surface area (Å²) < 4.78 is 36.9. The van der Waals surface area contributed by atoms with Gasteiger partial charge in [-0.25, -0.2) is 18.0 Å². The first-order valence-electron chi connectivity index (χ1n) is 12.5. The Morgan fingerprint density at radius 1 is 1.02 bits per heavy atom. The van der Waals surface area contributed by atoms with Gasteiger partial charge in [0.05, 0.1) is 36.4 Å². The second-order valence-electron chi connectivity index (χ2n) is 8.81. The molecule has 12 nitrogen and oxygen atoms in total. The maximum absolute atomic E-state index is 13.2. The molecule has 0 atom stereocenters. The third-order valence-corrected chi connectivity index (χ3v) is 9.26. The molecule has 0 aliphatic carbocycles. The Morgan fingerprint density at radius 3 is 2.34 bits per heavy atom. The average Bonchev–Trinajstić information content (AvgIpc) is 3.34. The quantitative estimate of drug-likeness (QED) is 0.415. The van der Waals surface area contributed by atoms with Gasteiger partial charge in [0.2, 0.25) is 0 Å². The maximum Gasteiger partial charge on any atom is 0.413 e. The number of alkyl carbamates (subject to hydrolysis) is 1. The molecule has 14 heteroatoms. The first-order chi connectivity index (χ1) is 19.6. The number of hydrogen-bond acceptors (Lipinski definition) is 9. The van der Waals surface area contributed by atoms with Crippen molar-refractivity contribution in [2.24, 2.45) is 0 Å². The van der Waals surface area contributed by atoms with Crippen LogP contribution in [0, 0.1) is 0 Å². The monoisotopic (exact) mass is 600 g/mol. The highest BCUT2D eigenvalue weighted by Gasteiger charge is 2.32. The van der Waals surface area contributed by atoms with E-state index in [1.807, 2.05) is 0 Å². The number of anilines is 2. The van der Waals surface area contributed by atoms with E-state index in [0.717, 1.165) is 22.8 Å². The fourth-order valence-corrected chi connectivity index (χ4v) is 6.65.